The molecule has 0 bridgehead atoms. The van der Waals surface area contributed by atoms with Gasteiger partial charge < -0.3 is 9.47 Å². The van der Waals surface area contributed by atoms with Gasteiger partial charge in [0.05, 0.1) is 0 Å². The van der Waals surface area contributed by atoms with Crippen LogP contribution in [0.2, 0.25) is 0 Å². The summed E-state index contributed by atoms with van der Waals surface area (Å²) in [5.41, 5.74) is 1.13. The van der Waals surface area contributed by atoms with E-state index in [0.29, 0.717) is 19.1 Å². The Hall–Kier alpha value is -2.04. The number of H-pyrrole nitrogens is 1. The highest BCUT2D eigenvalue weighted by molar-refractivity contribution is 5.44. The topological polar surface area (TPSA) is 60.0 Å². The fourth-order valence-electron chi connectivity index (χ4n) is 2.04. The molecule has 0 fully saturated rings. The first-order valence-corrected chi connectivity index (χ1v) is 6.52. The highest BCUT2D eigenvalue weighted by atomic mass is 16.6. The smallest absolute Gasteiger partial charge is 0.161 e. The lowest BCUT2D eigenvalue weighted by Crippen LogP contribution is -2.15. The molecule has 0 spiro atoms. The minimum absolute atomic E-state index is 0.338. The van der Waals surface area contributed by atoms with Gasteiger partial charge in [-0.15, -0.1) is 0 Å². The first kappa shape index (κ1) is 12.0. The normalized spacial score (nSPS) is 13.8. The zero-order valence-corrected chi connectivity index (χ0v) is 11.1. The monoisotopic (exact) mass is 259 g/mol. The minimum Gasteiger partial charge on any atom is -0.486 e. The van der Waals surface area contributed by atoms with E-state index in [-0.39, 0.29) is 0 Å². The molecule has 0 aliphatic carbocycles. The molecule has 0 saturated carbocycles. The zero-order valence-electron chi connectivity index (χ0n) is 11.1. The quantitative estimate of drug-likeness (QED) is 0.918. The SMILES string of the molecule is CC(C)c1n[nH]c(Cc2ccc3c(c2)OCCO3)n1. The maximum Gasteiger partial charge on any atom is 0.161 e. The molecule has 1 aliphatic heterocycles. The van der Waals surface area contributed by atoms with Gasteiger partial charge in [-0.3, -0.25) is 5.10 Å². The Morgan fingerprint density at radius 1 is 1.21 bits per heavy atom. The number of ether oxygens (including phenoxy) is 2. The van der Waals surface area contributed by atoms with Gasteiger partial charge in [-0.25, -0.2) is 4.98 Å². The van der Waals surface area contributed by atoms with Crippen molar-refractivity contribution in [2.45, 2.75) is 26.2 Å². The number of hydrogen-bond acceptors (Lipinski definition) is 4. The van der Waals surface area contributed by atoms with Crippen LogP contribution >= 0.6 is 0 Å². The number of nitrogens with one attached hydrogen (secondary N) is 1. The Labute approximate surface area is 112 Å². The molecule has 2 aromatic rings. The van der Waals surface area contributed by atoms with Crippen LogP contribution in [0.25, 0.3) is 0 Å². The average molecular weight is 259 g/mol. The number of hydrogen-bond donors (Lipinski definition) is 1. The molecule has 0 unspecified atom stereocenters. The number of aromatic amines is 1. The third-order valence-electron chi connectivity index (χ3n) is 3.04. The van der Waals surface area contributed by atoms with Crippen LogP contribution in [0.15, 0.2) is 18.2 Å². The average Bonchev–Trinajstić information content (AvgIpc) is 2.87. The van der Waals surface area contributed by atoms with Crippen LogP contribution in [0.3, 0.4) is 0 Å². The Bertz CT molecular complexity index is 578. The van der Waals surface area contributed by atoms with Crippen LogP contribution in [0.1, 0.15) is 37.0 Å². The van der Waals surface area contributed by atoms with E-state index in [4.69, 9.17) is 9.47 Å². The van der Waals surface area contributed by atoms with Gasteiger partial charge in [-0.2, -0.15) is 5.10 Å². The largest absolute Gasteiger partial charge is 0.486 e. The molecule has 0 amide bonds. The maximum absolute atomic E-state index is 5.57. The second kappa shape index (κ2) is 4.91. The van der Waals surface area contributed by atoms with Crippen molar-refractivity contribution in [1.29, 1.82) is 0 Å². The second-order valence-corrected chi connectivity index (χ2v) is 4.95. The summed E-state index contributed by atoms with van der Waals surface area (Å²) in [6.07, 6.45) is 0.719. The fourth-order valence-corrected chi connectivity index (χ4v) is 2.04. The van der Waals surface area contributed by atoms with Crippen LogP contribution < -0.4 is 9.47 Å². The first-order chi connectivity index (χ1) is 9.22. The van der Waals surface area contributed by atoms with Crippen LogP contribution in [-0.4, -0.2) is 28.4 Å². The number of aromatic nitrogens is 3. The summed E-state index contributed by atoms with van der Waals surface area (Å²) < 4.78 is 11.1. The molecular weight excluding hydrogens is 242 g/mol. The van der Waals surface area contributed by atoms with Gasteiger partial charge in [0.25, 0.3) is 0 Å². The molecule has 5 nitrogen and oxygen atoms in total. The summed E-state index contributed by atoms with van der Waals surface area (Å²) in [7, 11) is 0. The van der Waals surface area contributed by atoms with E-state index in [9.17, 15) is 0 Å². The lowest BCUT2D eigenvalue weighted by atomic mass is 10.1. The summed E-state index contributed by atoms with van der Waals surface area (Å²) in [6, 6.07) is 5.99. The van der Waals surface area contributed by atoms with Crippen molar-refractivity contribution in [2.24, 2.45) is 0 Å². The van der Waals surface area contributed by atoms with Crippen LogP contribution in [-0.2, 0) is 6.42 Å². The summed E-state index contributed by atoms with van der Waals surface area (Å²) in [5, 5.41) is 7.19. The number of fused-ring (bicyclic) bond motifs is 1. The molecule has 1 aliphatic rings. The zero-order chi connectivity index (χ0) is 13.2. The molecular formula is C14H17N3O2. The van der Waals surface area contributed by atoms with Gasteiger partial charge in [0.1, 0.15) is 19.0 Å². The lowest BCUT2D eigenvalue weighted by molar-refractivity contribution is 0.171. The summed E-state index contributed by atoms with van der Waals surface area (Å²) >= 11 is 0. The Kier molecular flexibility index (Phi) is 3.11. The predicted octanol–water partition coefficient (Wildman–Crippen LogP) is 2.29. The van der Waals surface area contributed by atoms with Crippen molar-refractivity contribution in [3.05, 3.63) is 35.4 Å². The number of benzene rings is 1. The van der Waals surface area contributed by atoms with Gasteiger partial charge in [0.2, 0.25) is 0 Å². The predicted molar refractivity (Wildman–Crippen MR) is 70.7 cm³/mol. The van der Waals surface area contributed by atoms with E-state index in [1.165, 1.54) is 0 Å². The summed E-state index contributed by atoms with van der Waals surface area (Å²) in [6.45, 7) is 5.39. The highest BCUT2D eigenvalue weighted by Gasteiger charge is 2.13. The molecule has 1 aromatic carbocycles. The van der Waals surface area contributed by atoms with E-state index < -0.39 is 0 Å². The molecule has 1 N–H and O–H groups in total. The maximum atomic E-state index is 5.57. The van der Waals surface area contributed by atoms with E-state index in [2.05, 4.69) is 29.0 Å². The Morgan fingerprint density at radius 2 is 2.00 bits per heavy atom. The Balaban J connectivity index is 1.78. The molecule has 0 saturated heterocycles. The van der Waals surface area contributed by atoms with Crippen molar-refractivity contribution in [2.75, 3.05) is 13.2 Å². The molecule has 19 heavy (non-hydrogen) atoms. The van der Waals surface area contributed by atoms with Gasteiger partial charge >= 0.3 is 0 Å². The molecule has 0 radical (unpaired) electrons. The Morgan fingerprint density at radius 3 is 2.74 bits per heavy atom. The number of nitrogens with zero attached hydrogens (tertiary/aromatic N) is 2. The molecule has 2 heterocycles. The summed E-state index contributed by atoms with van der Waals surface area (Å²) in [5.74, 6) is 3.70. The van der Waals surface area contributed by atoms with Crippen molar-refractivity contribution >= 4 is 0 Å². The minimum atomic E-state index is 0.338. The molecule has 0 atom stereocenters. The van der Waals surface area contributed by atoms with E-state index in [0.717, 1.165) is 35.1 Å². The lowest BCUT2D eigenvalue weighted by Gasteiger charge is -2.18. The highest BCUT2D eigenvalue weighted by Crippen LogP contribution is 2.31. The second-order valence-electron chi connectivity index (χ2n) is 4.95. The van der Waals surface area contributed by atoms with E-state index >= 15 is 0 Å². The van der Waals surface area contributed by atoms with Crippen LogP contribution in [0.4, 0.5) is 0 Å². The van der Waals surface area contributed by atoms with Gasteiger partial charge in [-0.1, -0.05) is 19.9 Å². The van der Waals surface area contributed by atoms with Crippen LogP contribution in [0, 0.1) is 0 Å². The van der Waals surface area contributed by atoms with Crippen molar-refractivity contribution in [3.63, 3.8) is 0 Å². The van der Waals surface area contributed by atoms with Gasteiger partial charge in [0, 0.05) is 12.3 Å². The van der Waals surface area contributed by atoms with E-state index in [1.807, 2.05) is 18.2 Å². The molecule has 1 aromatic heterocycles. The summed E-state index contributed by atoms with van der Waals surface area (Å²) in [4.78, 5) is 4.48. The first-order valence-electron chi connectivity index (χ1n) is 6.52. The third-order valence-corrected chi connectivity index (χ3v) is 3.04. The van der Waals surface area contributed by atoms with E-state index in [1.54, 1.807) is 0 Å². The van der Waals surface area contributed by atoms with Crippen LogP contribution in [0.5, 0.6) is 11.5 Å². The molecule has 3 rings (SSSR count). The van der Waals surface area contributed by atoms with Crippen molar-refractivity contribution in [3.8, 4) is 11.5 Å². The number of rotatable bonds is 3. The third kappa shape index (κ3) is 2.54. The standard InChI is InChI=1S/C14H17N3O2/c1-9(2)14-15-13(16-17-14)8-10-3-4-11-12(7-10)19-6-5-18-11/h3-4,7,9H,5-6,8H2,1-2H3,(H,15,16,17). The van der Waals surface area contributed by atoms with Crippen molar-refractivity contribution < 1.29 is 9.47 Å². The molecule has 100 valence electrons. The van der Waals surface area contributed by atoms with Gasteiger partial charge in [-0.05, 0) is 17.7 Å². The van der Waals surface area contributed by atoms with Gasteiger partial charge in [0.15, 0.2) is 17.3 Å². The fraction of sp³-hybridized carbons (Fsp3) is 0.429. The molecule has 5 heteroatoms. The van der Waals surface area contributed by atoms with Crippen molar-refractivity contribution in [1.82, 2.24) is 15.2 Å².